The van der Waals surface area contributed by atoms with E-state index in [-0.39, 0.29) is 5.82 Å². The van der Waals surface area contributed by atoms with E-state index in [1.54, 1.807) is 26.2 Å². The van der Waals surface area contributed by atoms with Gasteiger partial charge < -0.3 is 18.6 Å². The van der Waals surface area contributed by atoms with E-state index in [1.165, 1.54) is 29.2 Å². The van der Waals surface area contributed by atoms with Crippen molar-refractivity contribution in [1.29, 1.82) is 0 Å². The average Bonchev–Trinajstić information content (AvgIpc) is 3.29. The van der Waals surface area contributed by atoms with Crippen LogP contribution in [0, 0.1) is 5.82 Å². The molecule has 4 rings (SSSR count). The number of rotatable bonds is 9. The lowest BCUT2D eigenvalue weighted by Gasteiger charge is -2.17. The molecular formula is C24H25FN6O4. The molecule has 0 saturated carbocycles. The number of aromatic nitrogens is 4. The normalized spacial score (nSPS) is 11.9. The highest BCUT2D eigenvalue weighted by Gasteiger charge is 2.18. The maximum Gasteiger partial charge on any atom is 0.261 e. The third-order valence-corrected chi connectivity index (χ3v) is 5.41. The van der Waals surface area contributed by atoms with Crippen molar-refractivity contribution in [2.75, 3.05) is 25.7 Å². The summed E-state index contributed by atoms with van der Waals surface area (Å²) in [7, 11) is 3.43. The molecule has 4 heterocycles. The molecule has 0 aliphatic heterocycles. The Bertz CT molecular complexity index is 1420. The molecule has 10 nitrogen and oxygen atoms in total. The Morgan fingerprint density at radius 2 is 1.97 bits per heavy atom. The van der Waals surface area contributed by atoms with E-state index in [4.69, 9.17) is 9.47 Å². The van der Waals surface area contributed by atoms with E-state index in [9.17, 15) is 14.0 Å². The van der Waals surface area contributed by atoms with Crippen LogP contribution in [-0.4, -0.2) is 45.3 Å². The number of amides is 1. The Morgan fingerprint density at radius 1 is 1.14 bits per heavy atom. The summed E-state index contributed by atoms with van der Waals surface area (Å²) in [5, 5.41) is 0.305. The lowest BCUT2D eigenvalue weighted by atomic mass is 10.1. The number of ether oxygens (including phenoxy) is 2. The van der Waals surface area contributed by atoms with Crippen molar-refractivity contribution >= 4 is 22.6 Å². The van der Waals surface area contributed by atoms with Crippen molar-refractivity contribution in [2.45, 2.75) is 13.0 Å². The van der Waals surface area contributed by atoms with Gasteiger partial charge in [-0.1, -0.05) is 0 Å². The number of hydrogen-bond donors (Lipinski definition) is 2. The minimum absolute atomic E-state index is 0.141. The van der Waals surface area contributed by atoms with Crippen molar-refractivity contribution in [3.05, 3.63) is 71.4 Å². The standard InChI is InChI=1S/C24H25FN6O4/c1-15(31-7-5-21-19(24(31)33)11-18(13-26-21)35-9-8-34-3)23(32)29-28-22-20(25)10-17(12-27-22)16-4-6-30(2)14-16/h4-7,10-15H,8-9H2,1-3H3,(H,27,28)(H,29,32)/t15-/m1/s1. The van der Waals surface area contributed by atoms with Crippen LogP contribution in [0.25, 0.3) is 22.0 Å². The molecule has 1 atom stereocenters. The minimum Gasteiger partial charge on any atom is -0.490 e. The van der Waals surface area contributed by atoms with Crippen LogP contribution in [0.4, 0.5) is 10.2 Å². The summed E-state index contributed by atoms with van der Waals surface area (Å²) in [6.07, 6.45) is 8.20. The molecular weight excluding hydrogens is 455 g/mol. The van der Waals surface area contributed by atoms with Gasteiger partial charge in [-0.25, -0.2) is 9.37 Å². The maximum atomic E-state index is 14.5. The maximum absolute atomic E-state index is 14.5. The molecule has 0 unspecified atom stereocenters. The molecule has 0 bridgehead atoms. The molecule has 0 aliphatic rings. The minimum atomic E-state index is -0.899. The molecule has 0 spiro atoms. The van der Waals surface area contributed by atoms with Gasteiger partial charge in [0.15, 0.2) is 11.6 Å². The zero-order chi connectivity index (χ0) is 24.9. The Labute approximate surface area is 200 Å². The Kier molecular flexibility index (Phi) is 7.06. The summed E-state index contributed by atoms with van der Waals surface area (Å²) < 4.78 is 28.1. The van der Waals surface area contributed by atoms with Crippen molar-refractivity contribution in [3.8, 4) is 16.9 Å². The SMILES string of the molecule is COCCOc1cnc2ccn([C@H](C)C(=O)NNc3ncc(-c4ccn(C)c4)cc3F)c(=O)c2c1. The number of hydrogen-bond acceptors (Lipinski definition) is 7. The molecule has 0 aliphatic carbocycles. The molecule has 0 aromatic carbocycles. The number of anilines is 1. The van der Waals surface area contributed by atoms with Crippen LogP contribution >= 0.6 is 0 Å². The molecule has 4 aromatic heterocycles. The van der Waals surface area contributed by atoms with Gasteiger partial charge in [-0.2, -0.15) is 0 Å². The highest BCUT2D eigenvalue weighted by atomic mass is 19.1. The van der Waals surface area contributed by atoms with E-state index in [1.807, 2.05) is 30.1 Å². The van der Waals surface area contributed by atoms with Gasteiger partial charge in [0.25, 0.3) is 11.5 Å². The smallest absolute Gasteiger partial charge is 0.261 e. The third-order valence-electron chi connectivity index (χ3n) is 5.41. The third kappa shape index (κ3) is 5.30. The second kappa shape index (κ2) is 10.3. The van der Waals surface area contributed by atoms with E-state index < -0.39 is 23.3 Å². The number of pyridine rings is 3. The van der Waals surface area contributed by atoms with E-state index >= 15 is 0 Å². The molecule has 4 aromatic rings. The van der Waals surface area contributed by atoms with Gasteiger partial charge in [-0.15, -0.1) is 0 Å². The lowest BCUT2D eigenvalue weighted by molar-refractivity contribution is -0.123. The van der Waals surface area contributed by atoms with Gasteiger partial charge >= 0.3 is 0 Å². The van der Waals surface area contributed by atoms with E-state index in [2.05, 4.69) is 20.8 Å². The first-order valence-corrected chi connectivity index (χ1v) is 10.8. The Balaban J connectivity index is 1.46. The number of nitrogens with one attached hydrogen (secondary N) is 2. The Hall–Kier alpha value is -4.25. The Morgan fingerprint density at radius 3 is 2.69 bits per heavy atom. The van der Waals surface area contributed by atoms with Gasteiger partial charge in [-0.05, 0) is 31.2 Å². The van der Waals surface area contributed by atoms with Crippen LogP contribution in [-0.2, 0) is 16.6 Å². The summed E-state index contributed by atoms with van der Waals surface area (Å²) in [6.45, 7) is 2.26. The average molecular weight is 481 g/mol. The lowest BCUT2D eigenvalue weighted by Crippen LogP contribution is -2.38. The second-order valence-corrected chi connectivity index (χ2v) is 7.88. The van der Waals surface area contributed by atoms with Crippen LogP contribution in [0.2, 0.25) is 0 Å². The number of methoxy groups -OCH3 is 1. The molecule has 35 heavy (non-hydrogen) atoms. The molecule has 11 heteroatoms. The number of halogens is 1. The number of hydrazine groups is 1. The van der Waals surface area contributed by atoms with E-state index in [0.717, 1.165) is 5.56 Å². The van der Waals surface area contributed by atoms with Crippen LogP contribution in [0.15, 0.2) is 60.0 Å². The number of nitrogens with zero attached hydrogens (tertiary/aromatic N) is 4. The van der Waals surface area contributed by atoms with E-state index in [0.29, 0.717) is 35.4 Å². The van der Waals surface area contributed by atoms with Crippen LogP contribution < -0.4 is 21.1 Å². The molecule has 0 fully saturated rings. The predicted molar refractivity (Wildman–Crippen MR) is 128 cm³/mol. The first kappa shape index (κ1) is 23.9. The van der Waals surface area contributed by atoms with Crippen molar-refractivity contribution in [1.82, 2.24) is 24.5 Å². The highest BCUT2D eigenvalue weighted by molar-refractivity contribution is 5.83. The fraction of sp³-hybridized carbons (Fsp3) is 0.250. The summed E-state index contributed by atoms with van der Waals surface area (Å²) >= 11 is 0. The monoisotopic (exact) mass is 480 g/mol. The van der Waals surface area contributed by atoms with Crippen LogP contribution in [0.5, 0.6) is 5.75 Å². The van der Waals surface area contributed by atoms with Gasteiger partial charge in [0.1, 0.15) is 18.4 Å². The number of fused-ring (bicyclic) bond motifs is 1. The summed E-state index contributed by atoms with van der Waals surface area (Å²) in [5.74, 6) is -0.906. The molecule has 0 radical (unpaired) electrons. The number of carbonyl (C=O) groups is 1. The first-order chi connectivity index (χ1) is 16.9. The predicted octanol–water partition coefficient (Wildman–Crippen LogP) is 2.67. The molecule has 0 saturated heterocycles. The van der Waals surface area contributed by atoms with Gasteiger partial charge in [0, 0.05) is 50.1 Å². The topological polar surface area (TPSA) is 112 Å². The molecule has 1 amide bonds. The largest absolute Gasteiger partial charge is 0.490 e. The first-order valence-electron chi connectivity index (χ1n) is 10.8. The fourth-order valence-electron chi connectivity index (χ4n) is 3.46. The fourth-order valence-corrected chi connectivity index (χ4v) is 3.46. The van der Waals surface area contributed by atoms with Crippen LogP contribution in [0.1, 0.15) is 13.0 Å². The van der Waals surface area contributed by atoms with Gasteiger partial charge in [-0.3, -0.25) is 25.4 Å². The van der Waals surface area contributed by atoms with Crippen molar-refractivity contribution < 1.29 is 18.7 Å². The zero-order valence-corrected chi connectivity index (χ0v) is 19.5. The highest BCUT2D eigenvalue weighted by Crippen LogP contribution is 2.22. The summed E-state index contributed by atoms with van der Waals surface area (Å²) in [6, 6.07) is 5.49. The van der Waals surface area contributed by atoms with Gasteiger partial charge in [0.05, 0.1) is 23.7 Å². The van der Waals surface area contributed by atoms with Crippen LogP contribution in [0.3, 0.4) is 0 Å². The quantitative estimate of drug-likeness (QED) is 0.280. The summed E-state index contributed by atoms with van der Waals surface area (Å²) in [4.78, 5) is 34.0. The number of aryl methyl sites for hydroxylation is 1. The van der Waals surface area contributed by atoms with Crippen molar-refractivity contribution in [2.24, 2.45) is 7.05 Å². The number of carbonyl (C=O) groups excluding carboxylic acids is 1. The zero-order valence-electron chi connectivity index (χ0n) is 19.5. The second-order valence-electron chi connectivity index (χ2n) is 7.88. The summed E-state index contributed by atoms with van der Waals surface area (Å²) in [5.41, 5.74) is 6.39. The van der Waals surface area contributed by atoms with Crippen molar-refractivity contribution in [3.63, 3.8) is 0 Å². The molecule has 2 N–H and O–H groups in total. The molecule has 182 valence electrons. The van der Waals surface area contributed by atoms with Gasteiger partial charge in [0.2, 0.25) is 0 Å².